The van der Waals surface area contributed by atoms with Crippen LogP contribution in [0.3, 0.4) is 0 Å². The minimum atomic E-state index is -0.0267. The largest absolute Gasteiger partial charge is 0.370 e. The van der Waals surface area contributed by atoms with Crippen LogP contribution in [0.1, 0.15) is 45.0 Å². The predicted octanol–water partition coefficient (Wildman–Crippen LogP) is 4.67. The first kappa shape index (κ1) is 18.8. The number of nitrogens with zero attached hydrogens (tertiary/aromatic N) is 3. The lowest BCUT2D eigenvalue weighted by Crippen LogP contribution is -2.32. The van der Waals surface area contributed by atoms with Gasteiger partial charge in [-0.15, -0.1) is 0 Å². The molecule has 1 aliphatic heterocycles. The van der Waals surface area contributed by atoms with Gasteiger partial charge in [0, 0.05) is 43.6 Å². The van der Waals surface area contributed by atoms with E-state index < -0.39 is 0 Å². The Kier molecular flexibility index (Phi) is 5.87. The van der Waals surface area contributed by atoms with Crippen molar-refractivity contribution < 1.29 is 4.79 Å². The summed E-state index contributed by atoms with van der Waals surface area (Å²) in [5.74, 6) is 1.67. The highest BCUT2D eigenvalue weighted by Gasteiger charge is 2.18. The first-order chi connectivity index (χ1) is 12.4. The highest BCUT2D eigenvalue weighted by atomic mass is 35.5. The van der Waals surface area contributed by atoms with Crippen LogP contribution >= 0.6 is 11.6 Å². The van der Waals surface area contributed by atoms with Gasteiger partial charge in [0.05, 0.1) is 10.7 Å². The average molecular weight is 375 g/mol. The summed E-state index contributed by atoms with van der Waals surface area (Å²) in [6, 6.07) is 5.85. The lowest BCUT2D eigenvalue weighted by atomic mass is 9.99. The monoisotopic (exact) mass is 374 g/mol. The van der Waals surface area contributed by atoms with E-state index in [1.54, 1.807) is 6.20 Å². The molecule has 1 atom stereocenters. The summed E-state index contributed by atoms with van der Waals surface area (Å²) in [5, 5.41) is 3.65. The van der Waals surface area contributed by atoms with Gasteiger partial charge in [0.25, 0.3) is 0 Å². The zero-order valence-corrected chi connectivity index (χ0v) is 16.5. The molecule has 1 fully saturated rings. The second kappa shape index (κ2) is 8.12. The summed E-state index contributed by atoms with van der Waals surface area (Å²) in [6.45, 7) is 8.32. The second-order valence-electron chi connectivity index (χ2n) is 7.32. The van der Waals surface area contributed by atoms with Gasteiger partial charge in [0.1, 0.15) is 5.82 Å². The van der Waals surface area contributed by atoms with E-state index in [1.807, 2.05) is 42.8 Å². The molecule has 5 nitrogen and oxygen atoms in total. The number of amides is 1. The van der Waals surface area contributed by atoms with E-state index >= 15 is 0 Å². The summed E-state index contributed by atoms with van der Waals surface area (Å²) in [4.78, 5) is 18.9. The maximum absolute atomic E-state index is 12.4. The van der Waals surface area contributed by atoms with E-state index in [2.05, 4.69) is 22.1 Å². The van der Waals surface area contributed by atoms with Crippen LogP contribution in [0.15, 0.2) is 30.6 Å². The first-order valence-corrected chi connectivity index (χ1v) is 9.65. The normalized spacial score (nSPS) is 16.5. The lowest BCUT2D eigenvalue weighted by molar-refractivity contribution is -0.116. The lowest BCUT2D eigenvalue weighted by Gasteiger charge is -2.32. The van der Waals surface area contributed by atoms with Crippen LogP contribution < -0.4 is 10.2 Å². The Morgan fingerprint density at radius 2 is 2.12 bits per heavy atom. The van der Waals surface area contributed by atoms with Crippen molar-refractivity contribution in [1.29, 1.82) is 0 Å². The van der Waals surface area contributed by atoms with Crippen molar-refractivity contribution in [3.8, 4) is 0 Å². The smallest absolute Gasteiger partial charge is 0.226 e. The molecular weight excluding hydrogens is 348 g/mol. The van der Waals surface area contributed by atoms with Crippen molar-refractivity contribution in [3.05, 3.63) is 41.4 Å². The van der Waals surface area contributed by atoms with Crippen LogP contribution in [0.2, 0.25) is 5.02 Å². The molecular formula is C20H27ClN4O. The van der Waals surface area contributed by atoms with Gasteiger partial charge < -0.3 is 14.8 Å². The van der Waals surface area contributed by atoms with Crippen molar-refractivity contribution in [3.63, 3.8) is 0 Å². The number of hydrogen-bond donors (Lipinski definition) is 1. The molecule has 0 spiro atoms. The molecule has 0 radical (unpaired) electrons. The maximum atomic E-state index is 12.4. The van der Waals surface area contributed by atoms with Gasteiger partial charge in [-0.1, -0.05) is 18.5 Å². The van der Waals surface area contributed by atoms with Crippen LogP contribution in [0.25, 0.3) is 0 Å². The molecule has 1 amide bonds. The molecule has 1 aromatic heterocycles. The predicted molar refractivity (Wildman–Crippen MR) is 107 cm³/mol. The molecule has 2 aromatic rings. The van der Waals surface area contributed by atoms with E-state index in [-0.39, 0.29) is 11.9 Å². The highest BCUT2D eigenvalue weighted by Crippen LogP contribution is 2.32. The number of nitrogens with one attached hydrogen (secondary N) is 1. The Labute approximate surface area is 160 Å². The minimum absolute atomic E-state index is 0.0267. The number of anilines is 2. The van der Waals surface area contributed by atoms with Gasteiger partial charge in [-0.2, -0.15) is 0 Å². The van der Waals surface area contributed by atoms with E-state index in [4.69, 9.17) is 11.6 Å². The molecule has 6 heteroatoms. The second-order valence-corrected chi connectivity index (χ2v) is 7.73. The Bertz CT molecular complexity index is 765. The molecule has 0 saturated carbocycles. The van der Waals surface area contributed by atoms with Crippen LogP contribution in [-0.4, -0.2) is 28.5 Å². The van der Waals surface area contributed by atoms with Crippen LogP contribution in [0.5, 0.6) is 0 Å². The summed E-state index contributed by atoms with van der Waals surface area (Å²) < 4.78 is 2.01. The fraction of sp³-hybridized carbons (Fsp3) is 0.500. The third kappa shape index (κ3) is 4.39. The van der Waals surface area contributed by atoms with Crippen molar-refractivity contribution in [2.45, 2.75) is 46.1 Å². The van der Waals surface area contributed by atoms with Crippen molar-refractivity contribution in [2.75, 3.05) is 23.3 Å². The average Bonchev–Trinajstić information content (AvgIpc) is 3.02. The van der Waals surface area contributed by atoms with E-state index in [1.165, 1.54) is 12.8 Å². The number of rotatable bonds is 5. The maximum Gasteiger partial charge on any atom is 0.226 e. The van der Waals surface area contributed by atoms with Crippen molar-refractivity contribution in [1.82, 2.24) is 9.55 Å². The van der Waals surface area contributed by atoms with Crippen molar-refractivity contribution >= 4 is 28.9 Å². The molecule has 1 aromatic carbocycles. The van der Waals surface area contributed by atoms with Gasteiger partial charge in [0.15, 0.2) is 0 Å². The number of piperidine rings is 1. The van der Waals surface area contributed by atoms with Crippen molar-refractivity contribution in [2.24, 2.45) is 5.92 Å². The van der Waals surface area contributed by atoms with E-state index in [0.717, 1.165) is 36.2 Å². The molecule has 26 heavy (non-hydrogen) atoms. The Morgan fingerprint density at radius 1 is 1.38 bits per heavy atom. The van der Waals surface area contributed by atoms with Crippen LogP contribution in [0, 0.1) is 12.8 Å². The number of aromatic nitrogens is 2. The molecule has 2 heterocycles. The third-order valence-corrected chi connectivity index (χ3v) is 5.48. The molecule has 140 valence electrons. The number of carbonyl (C=O) groups is 1. The van der Waals surface area contributed by atoms with E-state index in [9.17, 15) is 4.79 Å². The first-order valence-electron chi connectivity index (χ1n) is 9.28. The Morgan fingerprint density at radius 3 is 2.73 bits per heavy atom. The molecule has 3 rings (SSSR count). The topological polar surface area (TPSA) is 50.2 Å². The van der Waals surface area contributed by atoms with Crippen LogP contribution in [-0.2, 0) is 4.79 Å². The number of halogens is 1. The molecule has 1 saturated heterocycles. The van der Waals surface area contributed by atoms with Gasteiger partial charge in [0.2, 0.25) is 5.91 Å². The number of hydrogen-bond acceptors (Lipinski definition) is 3. The molecule has 1 unspecified atom stereocenters. The summed E-state index contributed by atoms with van der Waals surface area (Å²) in [6.07, 6.45) is 6.43. The Hall–Kier alpha value is -2.01. The summed E-state index contributed by atoms with van der Waals surface area (Å²) in [5.41, 5.74) is 1.79. The fourth-order valence-electron chi connectivity index (χ4n) is 3.52. The quantitative estimate of drug-likeness (QED) is 0.827. The molecule has 1 N–H and O–H groups in total. The fourth-order valence-corrected chi connectivity index (χ4v) is 3.82. The summed E-state index contributed by atoms with van der Waals surface area (Å²) in [7, 11) is 0. The van der Waals surface area contributed by atoms with Gasteiger partial charge in [-0.25, -0.2) is 4.98 Å². The molecule has 1 aliphatic rings. The van der Waals surface area contributed by atoms with Gasteiger partial charge in [-0.05, 0) is 50.8 Å². The molecule has 0 aliphatic carbocycles. The van der Waals surface area contributed by atoms with E-state index in [0.29, 0.717) is 11.4 Å². The number of benzene rings is 1. The summed E-state index contributed by atoms with van der Waals surface area (Å²) >= 11 is 6.48. The van der Waals surface area contributed by atoms with Gasteiger partial charge >= 0.3 is 0 Å². The van der Waals surface area contributed by atoms with Crippen LogP contribution in [0.4, 0.5) is 11.4 Å². The third-order valence-electron chi connectivity index (χ3n) is 5.17. The van der Waals surface area contributed by atoms with Gasteiger partial charge in [-0.3, -0.25) is 4.79 Å². The number of carbonyl (C=O) groups excluding carboxylic acids is 1. The Balaban J connectivity index is 1.60. The number of aryl methyl sites for hydroxylation is 1. The SMILES string of the molecule is Cc1nccn1C(C)CC(=O)Nc1ccc(N2CCC(C)CC2)c(Cl)c1. The zero-order valence-electron chi connectivity index (χ0n) is 15.7. The highest BCUT2D eigenvalue weighted by molar-refractivity contribution is 6.33. The minimum Gasteiger partial charge on any atom is -0.370 e. The molecule has 0 bridgehead atoms. The zero-order chi connectivity index (χ0) is 18.7. The standard InChI is InChI=1S/C20H27ClN4O/c1-14-6-9-24(10-7-14)19-5-4-17(13-18(19)21)23-20(26)12-15(2)25-11-8-22-16(25)3/h4-5,8,11,13-15H,6-7,9-10,12H2,1-3H3,(H,23,26). The number of imidazole rings is 1.